The van der Waals surface area contributed by atoms with E-state index in [1.165, 1.54) is 5.57 Å². The SMILES string of the molecule is COCC1=CCN(C(=O)c2cc(Br)ccc2I)CC1. The first-order valence-electron chi connectivity index (χ1n) is 6.03. The lowest BCUT2D eigenvalue weighted by Crippen LogP contribution is -2.35. The topological polar surface area (TPSA) is 29.5 Å². The molecule has 0 spiro atoms. The zero-order valence-corrected chi connectivity index (χ0v) is 14.4. The van der Waals surface area contributed by atoms with Gasteiger partial charge in [-0.2, -0.15) is 0 Å². The molecule has 0 unspecified atom stereocenters. The van der Waals surface area contributed by atoms with Crippen molar-refractivity contribution in [3.63, 3.8) is 0 Å². The molecule has 0 fully saturated rings. The first-order valence-corrected chi connectivity index (χ1v) is 7.90. The van der Waals surface area contributed by atoms with E-state index in [0.29, 0.717) is 13.2 Å². The molecule has 1 aliphatic rings. The van der Waals surface area contributed by atoms with Gasteiger partial charge in [-0.05, 0) is 52.8 Å². The van der Waals surface area contributed by atoms with Crippen molar-refractivity contribution < 1.29 is 9.53 Å². The Labute approximate surface area is 135 Å². The molecule has 19 heavy (non-hydrogen) atoms. The van der Waals surface area contributed by atoms with Gasteiger partial charge in [0.15, 0.2) is 0 Å². The molecule has 2 rings (SSSR count). The molecule has 0 saturated carbocycles. The smallest absolute Gasteiger partial charge is 0.255 e. The number of hydrogen-bond acceptors (Lipinski definition) is 2. The van der Waals surface area contributed by atoms with Crippen LogP contribution in [0.2, 0.25) is 0 Å². The largest absolute Gasteiger partial charge is 0.380 e. The van der Waals surface area contributed by atoms with Gasteiger partial charge in [-0.15, -0.1) is 0 Å². The second-order valence-electron chi connectivity index (χ2n) is 4.42. The quantitative estimate of drug-likeness (QED) is 0.537. The predicted molar refractivity (Wildman–Crippen MR) is 87.3 cm³/mol. The Balaban J connectivity index is 2.11. The van der Waals surface area contributed by atoms with E-state index in [-0.39, 0.29) is 5.91 Å². The van der Waals surface area contributed by atoms with E-state index in [4.69, 9.17) is 4.74 Å². The number of ether oxygens (including phenoxy) is 1. The molecule has 102 valence electrons. The van der Waals surface area contributed by atoms with E-state index >= 15 is 0 Å². The third-order valence-electron chi connectivity index (χ3n) is 3.08. The number of amides is 1. The van der Waals surface area contributed by atoms with Gasteiger partial charge in [0.1, 0.15) is 0 Å². The highest BCUT2D eigenvalue weighted by Crippen LogP contribution is 2.21. The summed E-state index contributed by atoms with van der Waals surface area (Å²) in [7, 11) is 1.70. The molecular formula is C14H15BrINO2. The van der Waals surface area contributed by atoms with E-state index in [1.807, 2.05) is 23.1 Å². The molecule has 0 aromatic heterocycles. The van der Waals surface area contributed by atoms with Crippen LogP contribution >= 0.6 is 38.5 Å². The van der Waals surface area contributed by atoms with Gasteiger partial charge in [-0.1, -0.05) is 22.0 Å². The maximum Gasteiger partial charge on any atom is 0.255 e. The molecule has 0 radical (unpaired) electrons. The Kier molecular flexibility index (Phi) is 5.41. The summed E-state index contributed by atoms with van der Waals surface area (Å²) < 4.78 is 7.04. The number of methoxy groups -OCH3 is 1. The van der Waals surface area contributed by atoms with Gasteiger partial charge in [-0.25, -0.2) is 0 Å². The summed E-state index contributed by atoms with van der Waals surface area (Å²) in [5.74, 6) is 0.0958. The predicted octanol–water partition coefficient (Wildman–Crippen LogP) is 3.47. The summed E-state index contributed by atoms with van der Waals surface area (Å²) in [5, 5.41) is 0. The average molecular weight is 436 g/mol. The number of benzene rings is 1. The number of rotatable bonds is 3. The molecule has 0 aliphatic carbocycles. The van der Waals surface area contributed by atoms with Gasteiger partial charge in [0.25, 0.3) is 5.91 Å². The van der Waals surface area contributed by atoms with Gasteiger partial charge in [0, 0.05) is 28.2 Å². The Morgan fingerprint density at radius 1 is 1.53 bits per heavy atom. The molecule has 1 aromatic rings. The molecule has 1 aliphatic heterocycles. The lowest BCUT2D eigenvalue weighted by atomic mass is 10.1. The molecule has 1 heterocycles. The number of carbonyl (C=O) groups excluding carboxylic acids is 1. The molecule has 0 atom stereocenters. The lowest BCUT2D eigenvalue weighted by Gasteiger charge is -2.26. The standard InChI is InChI=1S/C14H15BrINO2/c1-19-9-10-4-6-17(7-5-10)14(18)12-8-11(15)2-3-13(12)16/h2-4,8H,5-7,9H2,1H3. The van der Waals surface area contributed by atoms with Gasteiger partial charge in [-0.3, -0.25) is 4.79 Å². The minimum Gasteiger partial charge on any atom is -0.380 e. The molecule has 1 aromatic carbocycles. The zero-order valence-electron chi connectivity index (χ0n) is 10.7. The summed E-state index contributed by atoms with van der Waals surface area (Å²) >= 11 is 5.62. The van der Waals surface area contributed by atoms with Crippen molar-refractivity contribution in [2.24, 2.45) is 0 Å². The van der Waals surface area contributed by atoms with Gasteiger partial charge < -0.3 is 9.64 Å². The van der Waals surface area contributed by atoms with Crippen LogP contribution < -0.4 is 0 Å². The van der Waals surface area contributed by atoms with Crippen LogP contribution in [0, 0.1) is 3.57 Å². The second kappa shape index (κ2) is 6.85. The summed E-state index contributed by atoms with van der Waals surface area (Å²) in [6, 6.07) is 5.79. The minimum atomic E-state index is 0.0958. The Morgan fingerprint density at radius 3 is 2.95 bits per heavy atom. The van der Waals surface area contributed by atoms with Crippen molar-refractivity contribution in [1.29, 1.82) is 0 Å². The highest BCUT2D eigenvalue weighted by molar-refractivity contribution is 14.1. The second-order valence-corrected chi connectivity index (χ2v) is 6.50. The van der Waals surface area contributed by atoms with E-state index in [0.717, 1.165) is 26.6 Å². The van der Waals surface area contributed by atoms with Crippen LogP contribution in [0.25, 0.3) is 0 Å². The average Bonchev–Trinajstić information content (AvgIpc) is 2.42. The van der Waals surface area contributed by atoms with E-state index in [9.17, 15) is 4.79 Å². The van der Waals surface area contributed by atoms with Crippen molar-refractivity contribution in [2.45, 2.75) is 6.42 Å². The van der Waals surface area contributed by atoms with E-state index < -0.39 is 0 Å². The Hall–Kier alpha value is -0.400. The molecular weight excluding hydrogens is 421 g/mol. The number of hydrogen-bond donors (Lipinski definition) is 0. The fourth-order valence-corrected chi connectivity index (χ4v) is 2.97. The molecule has 0 N–H and O–H groups in total. The first kappa shape index (κ1) is 15.0. The van der Waals surface area contributed by atoms with Gasteiger partial charge in [0.2, 0.25) is 0 Å². The minimum absolute atomic E-state index is 0.0958. The van der Waals surface area contributed by atoms with Gasteiger partial charge >= 0.3 is 0 Å². The van der Waals surface area contributed by atoms with Crippen molar-refractivity contribution in [3.8, 4) is 0 Å². The highest BCUT2D eigenvalue weighted by atomic mass is 127. The summed E-state index contributed by atoms with van der Waals surface area (Å²) in [5.41, 5.74) is 2.04. The molecule has 1 amide bonds. The van der Waals surface area contributed by atoms with Crippen LogP contribution in [0.5, 0.6) is 0 Å². The first-order chi connectivity index (χ1) is 9.11. The van der Waals surface area contributed by atoms with Crippen molar-refractivity contribution in [2.75, 3.05) is 26.8 Å². The normalized spacial score (nSPS) is 15.3. The third kappa shape index (κ3) is 3.79. The third-order valence-corrected chi connectivity index (χ3v) is 4.51. The lowest BCUT2D eigenvalue weighted by molar-refractivity contribution is 0.0764. The molecule has 0 saturated heterocycles. The summed E-state index contributed by atoms with van der Waals surface area (Å²) in [6.45, 7) is 2.09. The van der Waals surface area contributed by atoms with Crippen LogP contribution in [0.15, 0.2) is 34.3 Å². The van der Waals surface area contributed by atoms with Crippen molar-refractivity contribution in [1.82, 2.24) is 4.90 Å². The number of halogens is 2. The highest BCUT2D eigenvalue weighted by Gasteiger charge is 2.20. The van der Waals surface area contributed by atoms with Crippen LogP contribution in [0.4, 0.5) is 0 Å². The maximum atomic E-state index is 12.5. The molecule has 5 heteroatoms. The van der Waals surface area contributed by atoms with Crippen LogP contribution in [0.3, 0.4) is 0 Å². The fourth-order valence-electron chi connectivity index (χ4n) is 2.04. The van der Waals surface area contributed by atoms with Crippen LogP contribution in [-0.4, -0.2) is 37.6 Å². The van der Waals surface area contributed by atoms with E-state index in [2.05, 4.69) is 44.6 Å². The fraction of sp³-hybridized carbons (Fsp3) is 0.357. The molecule has 3 nitrogen and oxygen atoms in total. The monoisotopic (exact) mass is 435 g/mol. The number of carbonyl (C=O) groups is 1. The molecule has 0 bridgehead atoms. The zero-order chi connectivity index (χ0) is 13.8. The van der Waals surface area contributed by atoms with Crippen LogP contribution in [-0.2, 0) is 4.74 Å². The Bertz CT molecular complexity index is 516. The van der Waals surface area contributed by atoms with Gasteiger partial charge in [0.05, 0.1) is 12.2 Å². The maximum absolute atomic E-state index is 12.5. The Morgan fingerprint density at radius 2 is 2.32 bits per heavy atom. The summed E-state index contributed by atoms with van der Waals surface area (Å²) in [6.07, 6.45) is 2.99. The number of nitrogens with zero attached hydrogens (tertiary/aromatic N) is 1. The van der Waals surface area contributed by atoms with Crippen LogP contribution in [0.1, 0.15) is 16.8 Å². The van der Waals surface area contributed by atoms with E-state index in [1.54, 1.807) is 7.11 Å². The van der Waals surface area contributed by atoms with Crippen molar-refractivity contribution >= 4 is 44.4 Å². The van der Waals surface area contributed by atoms with Crippen molar-refractivity contribution in [3.05, 3.63) is 43.5 Å². The summed E-state index contributed by atoms with van der Waals surface area (Å²) in [4.78, 5) is 14.4.